The number of aryl methyl sites for hydroxylation is 1. The Bertz CT molecular complexity index is 1730. The van der Waals surface area contributed by atoms with E-state index in [2.05, 4.69) is 5.32 Å². The largest absolute Gasteiger partial charge is 0.493 e. The normalized spacial score (nSPS) is 13.2. The first kappa shape index (κ1) is 30.1. The maximum absolute atomic E-state index is 13.7. The molecule has 1 fully saturated rings. The van der Waals surface area contributed by atoms with Crippen molar-refractivity contribution in [1.82, 2.24) is 0 Å². The van der Waals surface area contributed by atoms with Crippen LogP contribution in [0.3, 0.4) is 0 Å². The average molecular weight is 610 g/mol. The van der Waals surface area contributed by atoms with Crippen LogP contribution in [0.15, 0.2) is 96.6 Å². The first-order valence-corrected chi connectivity index (χ1v) is 14.0. The molecule has 0 spiro atoms. The summed E-state index contributed by atoms with van der Waals surface area (Å²) in [6, 6.07) is 24.5. The average Bonchev–Trinajstić information content (AvgIpc) is 3.02. The van der Waals surface area contributed by atoms with Gasteiger partial charge in [0.2, 0.25) is 0 Å². The highest BCUT2D eigenvalue weighted by Gasteiger charge is 2.43. The van der Waals surface area contributed by atoms with Gasteiger partial charge in [-0.2, -0.15) is 0 Å². The van der Waals surface area contributed by atoms with E-state index in [9.17, 15) is 19.2 Å². The first-order valence-electron chi connectivity index (χ1n) is 13.6. The second-order valence-corrected chi connectivity index (χ2v) is 10.3. The van der Waals surface area contributed by atoms with Crippen LogP contribution in [0.1, 0.15) is 16.7 Å². The molecule has 0 radical (unpaired) electrons. The van der Waals surface area contributed by atoms with E-state index in [4.69, 9.17) is 21.1 Å². The minimum absolute atomic E-state index is 0.0855. The van der Waals surface area contributed by atoms with Gasteiger partial charge in [0.05, 0.1) is 23.5 Å². The Morgan fingerprint density at radius 1 is 0.841 bits per heavy atom. The van der Waals surface area contributed by atoms with Gasteiger partial charge >= 0.3 is 6.03 Å². The molecule has 1 aliphatic rings. The third kappa shape index (κ3) is 6.04. The smallest absolute Gasteiger partial charge is 0.343 e. The Hall–Kier alpha value is -5.41. The standard InChI is InChI=1S/C34H28ClN3O6/c1-21-11-10-16-28(22(21)2)36-30(39)20-44-31-27(35)18-23(19-29(31)43-3)17-26-32(40)37(24-12-6-4-7-13-24)34(42)38(33(26)41)25-14-8-5-9-15-25/h4-19H,20H2,1-3H3,(H,36,39). The molecule has 0 bridgehead atoms. The zero-order chi connectivity index (χ0) is 31.4. The van der Waals surface area contributed by atoms with Crippen molar-refractivity contribution < 1.29 is 28.7 Å². The molecule has 1 aliphatic heterocycles. The van der Waals surface area contributed by atoms with Gasteiger partial charge in [0, 0.05) is 5.69 Å². The molecule has 9 nitrogen and oxygen atoms in total. The fraction of sp³-hybridized carbons (Fsp3) is 0.118. The van der Waals surface area contributed by atoms with Crippen LogP contribution in [-0.2, 0) is 14.4 Å². The van der Waals surface area contributed by atoms with Crippen LogP contribution in [-0.4, -0.2) is 37.5 Å². The van der Waals surface area contributed by atoms with Crippen LogP contribution < -0.4 is 24.6 Å². The van der Waals surface area contributed by atoms with E-state index in [0.717, 1.165) is 20.9 Å². The Morgan fingerprint density at radius 2 is 1.43 bits per heavy atom. The number of nitrogens with zero attached hydrogens (tertiary/aromatic N) is 2. The maximum atomic E-state index is 13.7. The molecule has 0 aliphatic carbocycles. The number of halogens is 1. The van der Waals surface area contributed by atoms with E-state index < -0.39 is 23.8 Å². The summed E-state index contributed by atoms with van der Waals surface area (Å²) < 4.78 is 11.2. The monoisotopic (exact) mass is 609 g/mol. The summed E-state index contributed by atoms with van der Waals surface area (Å²) in [6.45, 7) is 3.52. The molecule has 10 heteroatoms. The minimum atomic E-state index is -0.798. The Kier molecular flexibility index (Phi) is 8.78. The number of hydrogen-bond acceptors (Lipinski definition) is 6. The van der Waals surface area contributed by atoms with Gasteiger partial charge in [-0.15, -0.1) is 0 Å². The van der Waals surface area contributed by atoms with E-state index in [0.29, 0.717) is 22.6 Å². The Labute approximate surface area is 259 Å². The molecule has 222 valence electrons. The summed E-state index contributed by atoms with van der Waals surface area (Å²) in [5.74, 6) is -1.70. The molecule has 4 aromatic rings. The number of barbiturate groups is 1. The lowest BCUT2D eigenvalue weighted by atomic mass is 10.0. The topological polar surface area (TPSA) is 105 Å². The third-order valence-electron chi connectivity index (χ3n) is 7.07. The maximum Gasteiger partial charge on any atom is 0.343 e. The molecule has 1 saturated heterocycles. The van der Waals surface area contributed by atoms with Crippen molar-refractivity contribution in [2.24, 2.45) is 0 Å². The number of amides is 5. The number of imide groups is 2. The Balaban J connectivity index is 1.46. The fourth-order valence-corrected chi connectivity index (χ4v) is 4.95. The lowest BCUT2D eigenvalue weighted by Gasteiger charge is -2.34. The van der Waals surface area contributed by atoms with Crippen molar-refractivity contribution in [2.75, 3.05) is 28.8 Å². The SMILES string of the molecule is COc1cc(C=C2C(=O)N(c3ccccc3)C(=O)N(c3ccccc3)C2=O)cc(Cl)c1OCC(=O)Nc1cccc(C)c1C. The number of carbonyl (C=O) groups is 4. The van der Waals surface area contributed by atoms with Crippen LogP contribution in [0.4, 0.5) is 21.9 Å². The molecule has 5 amide bonds. The number of benzene rings is 4. The summed E-state index contributed by atoms with van der Waals surface area (Å²) >= 11 is 6.55. The number of carbonyl (C=O) groups excluding carboxylic acids is 4. The molecule has 5 rings (SSSR count). The first-order chi connectivity index (χ1) is 21.2. The van der Waals surface area contributed by atoms with Crippen LogP contribution in [0, 0.1) is 13.8 Å². The van der Waals surface area contributed by atoms with Gasteiger partial charge in [0.25, 0.3) is 17.7 Å². The third-order valence-corrected chi connectivity index (χ3v) is 7.35. The van der Waals surface area contributed by atoms with Gasteiger partial charge in [0.15, 0.2) is 18.1 Å². The van der Waals surface area contributed by atoms with Crippen LogP contribution >= 0.6 is 11.6 Å². The van der Waals surface area contributed by atoms with E-state index >= 15 is 0 Å². The van der Waals surface area contributed by atoms with Crippen molar-refractivity contribution in [2.45, 2.75) is 13.8 Å². The summed E-state index contributed by atoms with van der Waals surface area (Å²) in [7, 11) is 1.40. The molecule has 1 heterocycles. The van der Waals surface area contributed by atoms with E-state index in [1.165, 1.54) is 25.3 Å². The van der Waals surface area contributed by atoms with Crippen LogP contribution in [0.5, 0.6) is 11.5 Å². The number of para-hydroxylation sites is 2. The van der Waals surface area contributed by atoms with Gasteiger partial charge < -0.3 is 14.8 Å². The van der Waals surface area contributed by atoms with Crippen LogP contribution in [0.25, 0.3) is 6.08 Å². The number of hydrogen-bond donors (Lipinski definition) is 1. The van der Waals surface area contributed by atoms with E-state index in [-0.39, 0.29) is 28.7 Å². The lowest BCUT2D eigenvalue weighted by Crippen LogP contribution is -2.57. The quantitative estimate of drug-likeness (QED) is 0.179. The van der Waals surface area contributed by atoms with Gasteiger partial charge in [-0.25, -0.2) is 14.6 Å². The summed E-state index contributed by atoms with van der Waals surface area (Å²) in [5, 5.41) is 2.91. The number of nitrogens with one attached hydrogen (secondary N) is 1. The highest BCUT2D eigenvalue weighted by molar-refractivity contribution is 6.46. The van der Waals surface area contributed by atoms with Crippen molar-refractivity contribution in [3.8, 4) is 11.5 Å². The van der Waals surface area contributed by atoms with Crippen LogP contribution in [0.2, 0.25) is 5.02 Å². The highest BCUT2D eigenvalue weighted by atomic mass is 35.5. The summed E-state index contributed by atoms with van der Waals surface area (Å²) in [6.07, 6.45) is 1.34. The molecule has 0 unspecified atom stereocenters. The number of anilines is 3. The van der Waals surface area contributed by atoms with Crippen molar-refractivity contribution in [3.05, 3.63) is 118 Å². The fourth-order valence-electron chi connectivity index (χ4n) is 4.68. The Morgan fingerprint density at radius 3 is 2.00 bits per heavy atom. The molecule has 1 N–H and O–H groups in total. The number of urea groups is 1. The van der Waals surface area contributed by atoms with Gasteiger partial charge in [-0.05, 0) is 79.1 Å². The predicted molar refractivity (Wildman–Crippen MR) is 169 cm³/mol. The summed E-state index contributed by atoms with van der Waals surface area (Å²) in [4.78, 5) is 55.4. The zero-order valence-corrected chi connectivity index (χ0v) is 24.9. The minimum Gasteiger partial charge on any atom is -0.493 e. The molecule has 4 aromatic carbocycles. The van der Waals surface area contributed by atoms with Gasteiger partial charge in [-0.1, -0.05) is 60.1 Å². The van der Waals surface area contributed by atoms with Gasteiger partial charge in [0.1, 0.15) is 5.57 Å². The number of methoxy groups -OCH3 is 1. The molecular weight excluding hydrogens is 582 g/mol. The number of ether oxygens (including phenoxy) is 2. The van der Waals surface area contributed by atoms with Gasteiger partial charge in [-0.3, -0.25) is 14.4 Å². The molecule has 0 saturated carbocycles. The van der Waals surface area contributed by atoms with E-state index in [1.807, 2.05) is 26.0 Å². The highest BCUT2D eigenvalue weighted by Crippen LogP contribution is 2.38. The zero-order valence-electron chi connectivity index (χ0n) is 24.2. The molecular formula is C34H28ClN3O6. The van der Waals surface area contributed by atoms with Crippen molar-refractivity contribution >= 4 is 58.5 Å². The second-order valence-electron chi connectivity index (χ2n) is 9.91. The van der Waals surface area contributed by atoms with Crippen molar-refractivity contribution in [1.29, 1.82) is 0 Å². The summed E-state index contributed by atoms with van der Waals surface area (Å²) in [5.41, 5.74) is 3.34. The number of rotatable bonds is 8. The molecule has 0 atom stereocenters. The van der Waals surface area contributed by atoms with Crippen molar-refractivity contribution in [3.63, 3.8) is 0 Å². The molecule has 44 heavy (non-hydrogen) atoms. The second kappa shape index (κ2) is 12.8. The molecule has 0 aromatic heterocycles. The van der Waals surface area contributed by atoms with E-state index in [1.54, 1.807) is 66.7 Å². The predicted octanol–water partition coefficient (Wildman–Crippen LogP) is 6.57. The lowest BCUT2D eigenvalue weighted by molar-refractivity contribution is -0.121.